The Morgan fingerprint density at radius 1 is 1.14 bits per heavy atom. The average Bonchev–Trinajstić information content (AvgIpc) is 3.17. The van der Waals surface area contributed by atoms with Crippen LogP contribution in [0.15, 0.2) is 64.6 Å². The fraction of sp³-hybridized carbons (Fsp3) is 0.176. The second-order valence-electron chi connectivity index (χ2n) is 5.64. The molecule has 146 valence electrons. The highest BCUT2D eigenvalue weighted by Gasteiger charge is 2.14. The monoisotopic (exact) mass is 418 g/mol. The molecule has 0 atom stereocenters. The molecule has 0 fully saturated rings. The van der Waals surface area contributed by atoms with Crippen molar-refractivity contribution in [3.63, 3.8) is 0 Å². The first-order valence-electron chi connectivity index (χ1n) is 8.27. The number of hydrogen-bond acceptors (Lipinski definition) is 7. The van der Waals surface area contributed by atoms with Gasteiger partial charge >= 0.3 is 0 Å². The van der Waals surface area contributed by atoms with Crippen LogP contribution in [0, 0.1) is 0 Å². The molecule has 0 aliphatic heterocycles. The van der Waals surface area contributed by atoms with Crippen molar-refractivity contribution in [3.8, 4) is 5.69 Å². The van der Waals surface area contributed by atoms with Gasteiger partial charge in [-0.1, -0.05) is 36.0 Å². The van der Waals surface area contributed by atoms with Gasteiger partial charge in [0.25, 0.3) is 0 Å². The minimum Gasteiger partial charge on any atom is -0.326 e. The number of carbonyl (C=O) groups excluding carboxylic acids is 1. The van der Waals surface area contributed by atoms with Crippen LogP contribution in [0.25, 0.3) is 5.69 Å². The minimum absolute atomic E-state index is 0.00274. The number of tetrazole rings is 1. The highest BCUT2D eigenvalue weighted by Crippen LogP contribution is 2.18. The number of nitrogens with one attached hydrogen (secondary N) is 2. The summed E-state index contributed by atoms with van der Waals surface area (Å²) >= 11 is 1.40. The Morgan fingerprint density at radius 3 is 2.68 bits per heavy atom. The highest BCUT2D eigenvalue weighted by molar-refractivity contribution is 7.98. The van der Waals surface area contributed by atoms with Gasteiger partial charge in [-0.15, -0.1) is 5.10 Å². The number of thioether (sulfide) groups is 1. The van der Waals surface area contributed by atoms with Crippen LogP contribution >= 0.6 is 11.8 Å². The molecule has 2 aromatic carbocycles. The van der Waals surface area contributed by atoms with Crippen LogP contribution in [0.5, 0.6) is 0 Å². The molecule has 11 heteroatoms. The van der Waals surface area contributed by atoms with E-state index >= 15 is 0 Å². The van der Waals surface area contributed by atoms with Gasteiger partial charge in [0.1, 0.15) is 0 Å². The number of sulfonamides is 1. The van der Waals surface area contributed by atoms with Crippen LogP contribution in [0.2, 0.25) is 0 Å². The Kier molecular flexibility index (Phi) is 6.39. The van der Waals surface area contributed by atoms with E-state index < -0.39 is 10.0 Å². The molecule has 0 aliphatic rings. The number of aromatic nitrogens is 4. The van der Waals surface area contributed by atoms with Crippen molar-refractivity contribution >= 4 is 33.4 Å². The third-order valence-electron chi connectivity index (χ3n) is 3.70. The van der Waals surface area contributed by atoms with E-state index in [0.29, 0.717) is 16.5 Å². The van der Waals surface area contributed by atoms with Gasteiger partial charge in [0.15, 0.2) is 0 Å². The molecule has 28 heavy (non-hydrogen) atoms. The summed E-state index contributed by atoms with van der Waals surface area (Å²) in [5, 5.41) is 14.8. The maximum Gasteiger partial charge on any atom is 0.240 e. The molecule has 1 amide bonds. The third-order valence-corrected chi connectivity index (χ3v) is 5.79. The lowest BCUT2D eigenvalue weighted by atomic mass is 10.2. The first kappa shape index (κ1) is 20.0. The topological polar surface area (TPSA) is 119 Å². The highest BCUT2D eigenvalue weighted by atomic mass is 32.2. The average molecular weight is 419 g/mol. The van der Waals surface area contributed by atoms with Crippen molar-refractivity contribution in [2.75, 3.05) is 18.1 Å². The molecule has 3 rings (SSSR count). The molecule has 0 saturated heterocycles. The Morgan fingerprint density at radius 2 is 1.93 bits per heavy atom. The van der Waals surface area contributed by atoms with Gasteiger partial charge in [0, 0.05) is 18.7 Å². The molecule has 2 N–H and O–H groups in total. The summed E-state index contributed by atoms with van der Waals surface area (Å²) in [6.07, 6.45) is 1.86. The molecule has 0 aliphatic carbocycles. The maximum atomic E-state index is 12.2. The Bertz CT molecular complexity index is 1050. The quantitative estimate of drug-likeness (QED) is 0.534. The van der Waals surface area contributed by atoms with Crippen LogP contribution in [0.4, 0.5) is 5.69 Å². The molecule has 0 spiro atoms. The van der Waals surface area contributed by atoms with Gasteiger partial charge in [-0.2, -0.15) is 4.68 Å². The molecule has 0 radical (unpaired) electrons. The van der Waals surface area contributed by atoms with E-state index in [1.807, 2.05) is 12.3 Å². The summed E-state index contributed by atoms with van der Waals surface area (Å²) in [7, 11) is -3.63. The first-order valence-corrected chi connectivity index (χ1v) is 11.0. The van der Waals surface area contributed by atoms with Crippen LogP contribution < -0.4 is 10.0 Å². The Hall–Kier alpha value is -2.76. The third kappa shape index (κ3) is 4.94. The summed E-state index contributed by atoms with van der Waals surface area (Å²) in [4.78, 5) is 12.3. The van der Waals surface area contributed by atoms with Gasteiger partial charge in [-0.25, -0.2) is 13.1 Å². The van der Waals surface area contributed by atoms with Crippen molar-refractivity contribution in [1.82, 2.24) is 24.9 Å². The number of anilines is 1. The van der Waals surface area contributed by atoms with Gasteiger partial charge in [0.05, 0.1) is 10.6 Å². The Balaban J connectivity index is 1.58. The lowest BCUT2D eigenvalue weighted by Gasteiger charge is -2.09. The van der Waals surface area contributed by atoms with Crippen LogP contribution in [0.1, 0.15) is 6.42 Å². The number of carbonyl (C=O) groups is 1. The van der Waals surface area contributed by atoms with Gasteiger partial charge in [-0.05, 0) is 47.0 Å². The van der Waals surface area contributed by atoms with E-state index in [9.17, 15) is 13.2 Å². The zero-order valence-electron chi connectivity index (χ0n) is 14.9. The predicted octanol–water partition coefficient (Wildman–Crippen LogP) is 1.69. The predicted molar refractivity (Wildman–Crippen MR) is 106 cm³/mol. The van der Waals surface area contributed by atoms with Crippen LogP contribution in [0.3, 0.4) is 0 Å². The van der Waals surface area contributed by atoms with Crippen molar-refractivity contribution in [2.24, 2.45) is 0 Å². The smallest absolute Gasteiger partial charge is 0.240 e. The molecule has 0 saturated carbocycles. The van der Waals surface area contributed by atoms with E-state index in [2.05, 4.69) is 25.6 Å². The lowest BCUT2D eigenvalue weighted by Crippen LogP contribution is -2.27. The summed E-state index contributed by atoms with van der Waals surface area (Å²) < 4.78 is 28.3. The molecular weight excluding hydrogens is 400 g/mol. The number of benzene rings is 2. The molecule has 3 aromatic rings. The largest absolute Gasteiger partial charge is 0.326 e. The molecule has 1 heterocycles. The number of nitrogens with zero attached hydrogens (tertiary/aromatic N) is 4. The standard InChI is InChI=1S/C17H18N6O3S2/c1-27-17-20-21-22-23(17)14-7-5-6-13(12-14)19-16(24)10-11-18-28(25,26)15-8-3-2-4-9-15/h2-9,12,18H,10-11H2,1H3,(H,19,24). The number of amides is 1. The van der Waals surface area contributed by atoms with Crippen molar-refractivity contribution in [3.05, 3.63) is 54.6 Å². The fourth-order valence-corrected chi connectivity index (χ4v) is 3.87. The summed E-state index contributed by atoms with van der Waals surface area (Å²) in [6.45, 7) is -0.00757. The zero-order valence-corrected chi connectivity index (χ0v) is 16.6. The molecule has 0 unspecified atom stereocenters. The van der Waals surface area contributed by atoms with Crippen molar-refractivity contribution < 1.29 is 13.2 Å². The number of rotatable bonds is 8. The summed E-state index contributed by atoms with van der Waals surface area (Å²) in [5.41, 5.74) is 1.27. The van der Waals surface area contributed by atoms with Gasteiger partial charge in [-0.3, -0.25) is 4.79 Å². The maximum absolute atomic E-state index is 12.2. The normalized spacial score (nSPS) is 11.3. The van der Waals surface area contributed by atoms with Crippen LogP contribution in [-0.4, -0.2) is 47.3 Å². The van der Waals surface area contributed by atoms with E-state index in [-0.39, 0.29) is 23.8 Å². The molecule has 1 aromatic heterocycles. The summed E-state index contributed by atoms with van der Waals surface area (Å²) in [5.74, 6) is -0.310. The van der Waals surface area contributed by atoms with Gasteiger partial charge < -0.3 is 5.32 Å². The first-order chi connectivity index (χ1) is 13.5. The molecular formula is C17H18N6O3S2. The minimum atomic E-state index is -3.63. The second-order valence-corrected chi connectivity index (χ2v) is 8.18. The van der Waals surface area contributed by atoms with Gasteiger partial charge in [0.2, 0.25) is 21.1 Å². The van der Waals surface area contributed by atoms with Crippen LogP contribution in [-0.2, 0) is 14.8 Å². The van der Waals surface area contributed by atoms with E-state index in [1.54, 1.807) is 41.1 Å². The lowest BCUT2D eigenvalue weighted by molar-refractivity contribution is -0.116. The molecule has 0 bridgehead atoms. The Labute approximate surface area is 166 Å². The van der Waals surface area contributed by atoms with E-state index in [1.165, 1.54) is 23.9 Å². The van der Waals surface area contributed by atoms with E-state index in [0.717, 1.165) is 0 Å². The van der Waals surface area contributed by atoms with Crippen molar-refractivity contribution in [2.45, 2.75) is 16.5 Å². The zero-order chi connectivity index (χ0) is 20.0. The molecule has 9 nitrogen and oxygen atoms in total. The van der Waals surface area contributed by atoms with E-state index in [4.69, 9.17) is 0 Å². The second kappa shape index (κ2) is 8.95. The summed E-state index contributed by atoms with van der Waals surface area (Å²) in [6, 6.07) is 15.1. The number of hydrogen-bond donors (Lipinski definition) is 2. The SMILES string of the molecule is CSc1nnnn1-c1cccc(NC(=O)CCNS(=O)(=O)c2ccccc2)c1. The fourth-order valence-electron chi connectivity index (χ4n) is 2.39. The van der Waals surface area contributed by atoms with Crippen molar-refractivity contribution in [1.29, 1.82) is 0 Å².